The van der Waals surface area contributed by atoms with Gasteiger partial charge < -0.3 is 23.9 Å². The Labute approximate surface area is 172 Å². The molecule has 0 unspecified atom stereocenters. The second-order valence-corrected chi connectivity index (χ2v) is 6.85. The fourth-order valence-electron chi connectivity index (χ4n) is 2.57. The molecule has 152 valence electrons. The summed E-state index contributed by atoms with van der Waals surface area (Å²) in [5, 5.41) is 11.3. The second-order valence-electron chi connectivity index (χ2n) is 5.80. The van der Waals surface area contributed by atoms with Crippen molar-refractivity contribution >= 4 is 23.4 Å². The molecule has 3 rings (SSSR count). The van der Waals surface area contributed by atoms with Crippen LogP contribution in [0, 0.1) is 0 Å². The van der Waals surface area contributed by atoms with Gasteiger partial charge in [0.1, 0.15) is 0 Å². The zero-order valence-electron chi connectivity index (χ0n) is 16.3. The molecule has 0 saturated heterocycles. The lowest BCUT2D eigenvalue weighted by atomic mass is 10.2. The van der Waals surface area contributed by atoms with Crippen molar-refractivity contribution in [2.45, 2.75) is 11.6 Å². The summed E-state index contributed by atoms with van der Waals surface area (Å²) in [6, 6.07) is 12.8. The number of thioether (sulfide) groups is 1. The van der Waals surface area contributed by atoms with E-state index in [1.54, 1.807) is 12.1 Å². The molecule has 8 nitrogen and oxygen atoms in total. The number of para-hydroxylation sites is 1. The minimum absolute atomic E-state index is 0.0759. The van der Waals surface area contributed by atoms with Crippen LogP contribution in [0.1, 0.15) is 6.42 Å². The molecule has 0 saturated carbocycles. The van der Waals surface area contributed by atoms with Gasteiger partial charge in [0, 0.05) is 23.4 Å². The molecular formula is C20H21N3O5S. The Morgan fingerprint density at radius 1 is 1.03 bits per heavy atom. The molecule has 0 aliphatic carbocycles. The van der Waals surface area contributed by atoms with E-state index in [0.717, 1.165) is 5.69 Å². The Bertz CT molecular complexity index is 937. The number of aromatic nitrogens is 2. The number of amides is 1. The molecule has 0 radical (unpaired) electrons. The van der Waals surface area contributed by atoms with Gasteiger partial charge in [-0.15, -0.1) is 10.2 Å². The maximum absolute atomic E-state index is 12.0. The van der Waals surface area contributed by atoms with Crippen molar-refractivity contribution in [2.24, 2.45) is 0 Å². The molecule has 3 aromatic rings. The van der Waals surface area contributed by atoms with E-state index in [1.807, 2.05) is 30.3 Å². The molecule has 0 aliphatic rings. The molecule has 29 heavy (non-hydrogen) atoms. The van der Waals surface area contributed by atoms with Crippen LogP contribution in [-0.4, -0.2) is 43.2 Å². The number of ether oxygens (including phenoxy) is 3. The molecule has 0 fully saturated rings. The van der Waals surface area contributed by atoms with E-state index < -0.39 is 0 Å². The summed E-state index contributed by atoms with van der Waals surface area (Å²) < 4.78 is 21.7. The van der Waals surface area contributed by atoms with E-state index in [2.05, 4.69) is 15.5 Å². The summed E-state index contributed by atoms with van der Waals surface area (Å²) in [4.78, 5) is 12.0. The third-order valence-electron chi connectivity index (χ3n) is 3.93. The Morgan fingerprint density at radius 3 is 2.34 bits per heavy atom. The van der Waals surface area contributed by atoms with Crippen molar-refractivity contribution in [1.29, 1.82) is 0 Å². The maximum Gasteiger partial charge on any atom is 0.276 e. The zero-order chi connectivity index (χ0) is 20.6. The fourth-order valence-corrected chi connectivity index (χ4v) is 3.26. The first-order valence-electron chi connectivity index (χ1n) is 8.76. The molecule has 1 N–H and O–H groups in total. The number of carbonyl (C=O) groups is 1. The third kappa shape index (κ3) is 5.20. The first-order chi connectivity index (χ1) is 14.1. The van der Waals surface area contributed by atoms with Crippen LogP contribution in [-0.2, 0) is 4.79 Å². The number of anilines is 1. The molecule has 2 aromatic carbocycles. The van der Waals surface area contributed by atoms with Crippen LogP contribution in [0.5, 0.6) is 17.2 Å². The molecule has 1 amide bonds. The van der Waals surface area contributed by atoms with Crippen LogP contribution in [0.2, 0.25) is 0 Å². The highest BCUT2D eigenvalue weighted by Gasteiger charge is 2.17. The maximum atomic E-state index is 12.0. The number of hydrogen-bond donors (Lipinski definition) is 1. The summed E-state index contributed by atoms with van der Waals surface area (Å²) in [5.41, 5.74) is 1.41. The average molecular weight is 415 g/mol. The van der Waals surface area contributed by atoms with Gasteiger partial charge in [-0.3, -0.25) is 4.79 Å². The standard InChI is InChI=1S/C20H21N3O5S/c1-25-15-11-13(12-16(26-2)18(15)27-3)19-22-23-20(28-19)29-10-9-17(24)21-14-7-5-4-6-8-14/h4-8,11-12H,9-10H2,1-3H3,(H,21,24). The number of benzene rings is 2. The van der Waals surface area contributed by atoms with E-state index in [1.165, 1.54) is 33.1 Å². The minimum Gasteiger partial charge on any atom is -0.493 e. The van der Waals surface area contributed by atoms with Gasteiger partial charge in [0.25, 0.3) is 5.22 Å². The van der Waals surface area contributed by atoms with Crippen molar-refractivity contribution in [3.8, 4) is 28.7 Å². The van der Waals surface area contributed by atoms with Gasteiger partial charge in [0.2, 0.25) is 17.5 Å². The van der Waals surface area contributed by atoms with Gasteiger partial charge in [-0.2, -0.15) is 0 Å². The summed E-state index contributed by atoms with van der Waals surface area (Å²) in [7, 11) is 4.61. The number of rotatable bonds is 9. The summed E-state index contributed by atoms with van der Waals surface area (Å²) >= 11 is 1.31. The van der Waals surface area contributed by atoms with E-state index in [-0.39, 0.29) is 5.91 Å². The Hall–Kier alpha value is -3.20. The molecule has 1 aromatic heterocycles. The zero-order valence-corrected chi connectivity index (χ0v) is 17.1. The second kappa shape index (κ2) is 9.83. The van der Waals surface area contributed by atoms with E-state index >= 15 is 0 Å². The monoisotopic (exact) mass is 415 g/mol. The number of nitrogens with one attached hydrogen (secondary N) is 1. The first kappa shape index (κ1) is 20.5. The van der Waals surface area contributed by atoms with Gasteiger partial charge in [-0.25, -0.2) is 0 Å². The summed E-state index contributed by atoms with van der Waals surface area (Å²) in [5.74, 6) is 2.22. The minimum atomic E-state index is -0.0759. The normalized spacial score (nSPS) is 10.4. The van der Waals surface area contributed by atoms with Gasteiger partial charge in [-0.1, -0.05) is 30.0 Å². The number of nitrogens with zero attached hydrogens (tertiary/aromatic N) is 2. The highest BCUT2D eigenvalue weighted by Crippen LogP contribution is 2.41. The van der Waals surface area contributed by atoms with Gasteiger partial charge >= 0.3 is 0 Å². The van der Waals surface area contributed by atoms with Gasteiger partial charge in [-0.05, 0) is 24.3 Å². The quantitative estimate of drug-likeness (QED) is 0.526. The van der Waals surface area contributed by atoms with E-state index in [9.17, 15) is 4.79 Å². The lowest BCUT2D eigenvalue weighted by Gasteiger charge is -2.12. The van der Waals surface area contributed by atoms with E-state index in [4.69, 9.17) is 18.6 Å². The van der Waals surface area contributed by atoms with Gasteiger partial charge in [0.15, 0.2) is 11.5 Å². The Balaban J connectivity index is 1.61. The average Bonchev–Trinajstić information content (AvgIpc) is 3.22. The van der Waals surface area contributed by atoms with Crippen molar-refractivity contribution in [2.75, 3.05) is 32.4 Å². The molecular weight excluding hydrogens is 394 g/mol. The number of hydrogen-bond acceptors (Lipinski definition) is 8. The smallest absolute Gasteiger partial charge is 0.276 e. The molecule has 9 heteroatoms. The van der Waals surface area contributed by atoms with Crippen molar-refractivity contribution in [3.05, 3.63) is 42.5 Å². The third-order valence-corrected chi connectivity index (χ3v) is 4.75. The lowest BCUT2D eigenvalue weighted by Crippen LogP contribution is -2.11. The first-order valence-corrected chi connectivity index (χ1v) is 9.74. The van der Waals surface area contributed by atoms with Crippen LogP contribution in [0.4, 0.5) is 5.69 Å². The highest BCUT2D eigenvalue weighted by molar-refractivity contribution is 7.99. The Kier molecular flexibility index (Phi) is 6.96. The molecule has 0 spiro atoms. The molecule has 0 bridgehead atoms. The number of carbonyl (C=O) groups excluding carboxylic acids is 1. The van der Waals surface area contributed by atoms with Gasteiger partial charge in [0.05, 0.1) is 21.3 Å². The fraction of sp³-hybridized carbons (Fsp3) is 0.250. The lowest BCUT2D eigenvalue weighted by molar-refractivity contribution is -0.115. The predicted molar refractivity (Wildman–Crippen MR) is 110 cm³/mol. The van der Waals surface area contributed by atoms with Crippen LogP contribution < -0.4 is 19.5 Å². The Morgan fingerprint density at radius 2 is 1.72 bits per heavy atom. The van der Waals surface area contributed by atoms with Crippen LogP contribution in [0.25, 0.3) is 11.5 Å². The number of methoxy groups -OCH3 is 3. The van der Waals surface area contributed by atoms with E-state index in [0.29, 0.717) is 46.1 Å². The molecule has 0 aliphatic heterocycles. The molecule has 0 atom stereocenters. The summed E-state index contributed by atoms with van der Waals surface area (Å²) in [6.07, 6.45) is 0.321. The topological polar surface area (TPSA) is 95.7 Å². The summed E-state index contributed by atoms with van der Waals surface area (Å²) in [6.45, 7) is 0. The predicted octanol–water partition coefficient (Wildman–Crippen LogP) is 3.88. The van der Waals surface area contributed by atoms with Crippen molar-refractivity contribution in [1.82, 2.24) is 10.2 Å². The van der Waals surface area contributed by atoms with Crippen molar-refractivity contribution < 1.29 is 23.4 Å². The van der Waals surface area contributed by atoms with Crippen LogP contribution in [0.15, 0.2) is 52.1 Å². The molecule has 1 heterocycles. The highest BCUT2D eigenvalue weighted by atomic mass is 32.2. The van der Waals surface area contributed by atoms with Crippen molar-refractivity contribution in [3.63, 3.8) is 0 Å². The van der Waals surface area contributed by atoms with Crippen LogP contribution >= 0.6 is 11.8 Å². The largest absolute Gasteiger partial charge is 0.493 e. The SMILES string of the molecule is COc1cc(-c2nnc(SCCC(=O)Nc3ccccc3)o2)cc(OC)c1OC. The van der Waals surface area contributed by atoms with Crippen LogP contribution in [0.3, 0.4) is 0 Å².